The second-order valence-corrected chi connectivity index (χ2v) is 7.38. The fraction of sp³-hybridized carbons (Fsp3) is 0.217. The average Bonchev–Trinajstić information content (AvgIpc) is 3.34. The Labute approximate surface area is 193 Å². The third-order valence-corrected chi connectivity index (χ3v) is 5.10. The fourth-order valence-corrected chi connectivity index (χ4v) is 3.20. The van der Waals surface area contributed by atoms with Crippen LogP contribution in [0.25, 0.3) is 17.2 Å². The quantitative estimate of drug-likeness (QED) is 0.439. The Hall–Kier alpha value is -4.54. The number of benzene rings is 2. The number of hydrogen-bond donors (Lipinski definition) is 1. The predicted molar refractivity (Wildman–Crippen MR) is 122 cm³/mol. The van der Waals surface area contributed by atoms with E-state index in [2.05, 4.69) is 20.6 Å². The van der Waals surface area contributed by atoms with E-state index in [1.807, 2.05) is 31.2 Å². The monoisotopic (exact) mass is 462 g/mol. The van der Waals surface area contributed by atoms with Crippen LogP contribution >= 0.6 is 0 Å². The molecule has 2 aromatic heterocycles. The van der Waals surface area contributed by atoms with Crippen LogP contribution in [0, 0.1) is 6.92 Å². The van der Waals surface area contributed by atoms with Gasteiger partial charge in [0.25, 0.3) is 5.56 Å². The molecule has 4 aromatic rings. The first kappa shape index (κ1) is 22.6. The van der Waals surface area contributed by atoms with Crippen LogP contribution in [0.1, 0.15) is 28.7 Å². The van der Waals surface area contributed by atoms with Gasteiger partial charge in [-0.15, -0.1) is 0 Å². The molecule has 0 radical (unpaired) electrons. The Balaban J connectivity index is 1.62. The molecule has 0 bridgehead atoms. The molecule has 0 saturated carbocycles. The number of nitrogens with zero attached hydrogens (tertiary/aromatic N) is 5. The standard InChI is InChI=1S/C23H22N6O5/c1-4-28-22(31)18(26-29(23(28)32)16-9-5-14(2)6-10-16)19-25-21(34-27-19)20(30)24-13-15-7-11-17(33-3)12-8-15/h5-12H,4,13H2,1-3H3,(H,24,30). The van der Waals surface area contributed by atoms with Crippen LogP contribution in [0.4, 0.5) is 0 Å². The van der Waals surface area contributed by atoms with Gasteiger partial charge in [0.1, 0.15) is 5.75 Å². The van der Waals surface area contributed by atoms with Gasteiger partial charge >= 0.3 is 17.5 Å². The highest BCUT2D eigenvalue weighted by atomic mass is 16.5. The van der Waals surface area contributed by atoms with Crippen LogP contribution in [0.5, 0.6) is 5.75 Å². The first-order valence-electron chi connectivity index (χ1n) is 10.5. The highest BCUT2D eigenvalue weighted by Gasteiger charge is 2.22. The average molecular weight is 462 g/mol. The number of hydrogen-bond acceptors (Lipinski definition) is 8. The summed E-state index contributed by atoms with van der Waals surface area (Å²) in [6.07, 6.45) is 0. The van der Waals surface area contributed by atoms with Crippen molar-refractivity contribution < 1.29 is 14.1 Å². The second kappa shape index (κ2) is 9.53. The Morgan fingerprint density at radius 1 is 1.09 bits per heavy atom. The Morgan fingerprint density at radius 2 is 1.79 bits per heavy atom. The summed E-state index contributed by atoms with van der Waals surface area (Å²) < 4.78 is 12.3. The van der Waals surface area contributed by atoms with Crippen molar-refractivity contribution in [1.82, 2.24) is 29.8 Å². The van der Waals surface area contributed by atoms with E-state index in [0.717, 1.165) is 20.4 Å². The maximum absolute atomic E-state index is 12.9. The molecular weight excluding hydrogens is 440 g/mol. The van der Waals surface area contributed by atoms with Crippen molar-refractivity contribution >= 4 is 5.91 Å². The van der Waals surface area contributed by atoms with Gasteiger partial charge in [-0.05, 0) is 43.7 Å². The summed E-state index contributed by atoms with van der Waals surface area (Å²) in [5.74, 6) is -0.436. The fourth-order valence-electron chi connectivity index (χ4n) is 3.20. The number of ether oxygens (including phenoxy) is 1. The van der Waals surface area contributed by atoms with E-state index in [1.165, 1.54) is 0 Å². The number of carbonyl (C=O) groups is 1. The van der Waals surface area contributed by atoms with Crippen molar-refractivity contribution in [2.24, 2.45) is 0 Å². The third kappa shape index (κ3) is 4.49. The second-order valence-electron chi connectivity index (χ2n) is 7.38. The van der Waals surface area contributed by atoms with Gasteiger partial charge in [-0.1, -0.05) is 35.0 Å². The summed E-state index contributed by atoms with van der Waals surface area (Å²) in [5.41, 5.74) is 0.832. The van der Waals surface area contributed by atoms with E-state index in [-0.39, 0.29) is 30.5 Å². The lowest BCUT2D eigenvalue weighted by Crippen LogP contribution is -2.41. The molecule has 2 aromatic carbocycles. The largest absolute Gasteiger partial charge is 0.497 e. The van der Waals surface area contributed by atoms with Gasteiger partial charge in [-0.3, -0.25) is 14.2 Å². The zero-order valence-electron chi connectivity index (χ0n) is 18.8. The lowest BCUT2D eigenvalue weighted by molar-refractivity contribution is 0.0907. The number of methoxy groups -OCH3 is 1. The molecule has 0 fully saturated rings. The van der Waals surface area contributed by atoms with Crippen LogP contribution in [-0.2, 0) is 13.1 Å². The lowest BCUT2D eigenvalue weighted by atomic mass is 10.2. The number of amides is 1. The van der Waals surface area contributed by atoms with E-state index in [0.29, 0.717) is 11.4 Å². The highest BCUT2D eigenvalue weighted by Crippen LogP contribution is 2.13. The minimum Gasteiger partial charge on any atom is -0.497 e. The summed E-state index contributed by atoms with van der Waals surface area (Å²) in [7, 11) is 1.57. The molecule has 0 unspecified atom stereocenters. The minimum atomic E-state index is -0.679. The molecule has 0 aliphatic rings. The maximum Gasteiger partial charge on any atom is 0.352 e. The number of rotatable bonds is 7. The molecule has 0 saturated heterocycles. The van der Waals surface area contributed by atoms with E-state index in [4.69, 9.17) is 9.26 Å². The van der Waals surface area contributed by atoms with E-state index in [9.17, 15) is 14.4 Å². The van der Waals surface area contributed by atoms with Crippen LogP contribution in [0.3, 0.4) is 0 Å². The first-order valence-corrected chi connectivity index (χ1v) is 10.5. The van der Waals surface area contributed by atoms with Crippen LogP contribution in [-0.4, -0.2) is 37.5 Å². The smallest absolute Gasteiger partial charge is 0.352 e. The summed E-state index contributed by atoms with van der Waals surface area (Å²) in [5, 5.41) is 10.6. The van der Waals surface area contributed by atoms with Gasteiger partial charge in [-0.2, -0.15) is 14.8 Å². The van der Waals surface area contributed by atoms with Crippen LogP contribution < -0.4 is 21.3 Å². The first-order chi connectivity index (χ1) is 16.4. The minimum absolute atomic E-state index is 0.117. The number of nitrogens with one attached hydrogen (secondary N) is 1. The molecule has 0 atom stereocenters. The van der Waals surface area contributed by atoms with Crippen molar-refractivity contribution in [2.75, 3.05) is 7.11 Å². The summed E-state index contributed by atoms with van der Waals surface area (Å²) in [6.45, 7) is 3.92. The molecule has 11 heteroatoms. The van der Waals surface area contributed by atoms with Gasteiger partial charge in [0, 0.05) is 13.1 Å². The predicted octanol–water partition coefficient (Wildman–Crippen LogP) is 1.71. The number of aryl methyl sites for hydroxylation is 1. The van der Waals surface area contributed by atoms with E-state index >= 15 is 0 Å². The molecule has 0 spiro atoms. The summed E-state index contributed by atoms with van der Waals surface area (Å²) in [6, 6.07) is 14.2. The zero-order chi connectivity index (χ0) is 24.2. The van der Waals surface area contributed by atoms with E-state index in [1.54, 1.807) is 38.3 Å². The molecule has 2 heterocycles. The van der Waals surface area contributed by atoms with Gasteiger partial charge < -0.3 is 14.6 Å². The molecular formula is C23H22N6O5. The van der Waals surface area contributed by atoms with Crippen molar-refractivity contribution in [3.8, 4) is 23.0 Å². The van der Waals surface area contributed by atoms with Crippen molar-refractivity contribution in [2.45, 2.75) is 26.9 Å². The molecule has 1 N–H and O–H groups in total. The number of aromatic nitrogens is 5. The third-order valence-electron chi connectivity index (χ3n) is 5.10. The van der Waals surface area contributed by atoms with Crippen LogP contribution in [0.2, 0.25) is 0 Å². The molecule has 0 aliphatic heterocycles. The Bertz CT molecular complexity index is 1430. The molecule has 1 amide bonds. The Kier molecular flexibility index (Phi) is 6.35. The SMILES string of the molecule is CCn1c(=O)c(-c2noc(C(=O)NCc3ccc(OC)cc3)n2)nn(-c2ccc(C)cc2)c1=O. The van der Waals surface area contributed by atoms with Gasteiger partial charge in [0.05, 0.1) is 12.8 Å². The topological polar surface area (TPSA) is 134 Å². The normalized spacial score (nSPS) is 10.8. The van der Waals surface area contributed by atoms with Crippen molar-refractivity contribution in [3.05, 3.63) is 86.4 Å². The van der Waals surface area contributed by atoms with E-state index < -0.39 is 17.2 Å². The van der Waals surface area contributed by atoms with Crippen molar-refractivity contribution in [3.63, 3.8) is 0 Å². The van der Waals surface area contributed by atoms with Gasteiger partial charge in [0.2, 0.25) is 5.82 Å². The Morgan fingerprint density at radius 3 is 2.44 bits per heavy atom. The summed E-state index contributed by atoms with van der Waals surface area (Å²) >= 11 is 0. The zero-order valence-corrected chi connectivity index (χ0v) is 18.8. The van der Waals surface area contributed by atoms with Crippen LogP contribution in [0.15, 0.2) is 62.6 Å². The maximum atomic E-state index is 12.9. The number of carbonyl (C=O) groups excluding carboxylic acids is 1. The van der Waals surface area contributed by atoms with Crippen molar-refractivity contribution in [1.29, 1.82) is 0 Å². The molecule has 4 rings (SSSR count). The highest BCUT2D eigenvalue weighted by molar-refractivity contribution is 5.89. The van der Waals surface area contributed by atoms with Gasteiger partial charge in [0.15, 0.2) is 5.69 Å². The summed E-state index contributed by atoms with van der Waals surface area (Å²) in [4.78, 5) is 42.2. The lowest BCUT2D eigenvalue weighted by Gasteiger charge is -2.09. The molecule has 0 aliphatic carbocycles. The van der Waals surface area contributed by atoms with Gasteiger partial charge in [-0.25, -0.2) is 4.79 Å². The molecule has 11 nitrogen and oxygen atoms in total. The molecule has 174 valence electrons. The molecule has 34 heavy (non-hydrogen) atoms.